The zero-order chi connectivity index (χ0) is 14.9. The Hall–Kier alpha value is -1.65. The molecule has 0 heterocycles. The summed E-state index contributed by atoms with van der Waals surface area (Å²) in [6.45, 7) is 4.08. The lowest BCUT2D eigenvalue weighted by atomic mass is 9.68. The van der Waals surface area contributed by atoms with Gasteiger partial charge < -0.3 is 11.1 Å². The Balaban J connectivity index is 2.20. The lowest BCUT2D eigenvalue weighted by molar-refractivity contribution is -0.124. The van der Waals surface area contributed by atoms with Crippen molar-refractivity contribution in [3.8, 4) is 0 Å². The average molecular weight is 282 g/mol. The van der Waals surface area contributed by atoms with Crippen molar-refractivity contribution >= 4 is 17.3 Å². The molecule has 110 valence electrons. The van der Waals surface area contributed by atoms with Crippen molar-refractivity contribution in [3.05, 3.63) is 23.8 Å². The largest absolute Gasteiger partial charge is 0.397 e. The standard InChI is InChI=1S/C15H20F2N2O/c1-15(2)6-4-3-5-10(15)14(20)19-13-11(17)7-9(16)8-12(13)18/h7-8,10H,3-6,18H2,1-2H3,(H,19,20). The Morgan fingerprint density at radius 1 is 1.35 bits per heavy atom. The molecule has 1 aliphatic rings. The van der Waals surface area contributed by atoms with Crippen LogP contribution in [0.3, 0.4) is 0 Å². The van der Waals surface area contributed by atoms with E-state index in [2.05, 4.69) is 5.32 Å². The van der Waals surface area contributed by atoms with E-state index in [1.165, 1.54) is 0 Å². The SMILES string of the molecule is CC1(C)CCCCC1C(=O)Nc1c(N)cc(F)cc1F. The molecule has 1 saturated carbocycles. The molecule has 1 amide bonds. The molecule has 3 N–H and O–H groups in total. The summed E-state index contributed by atoms with van der Waals surface area (Å²) in [5.41, 5.74) is 5.24. The first kappa shape index (κ1) is 14.8. The number of nitrogens with one attached hydrogen (secondary N) is 1. The van der Waals surface area contributed by atoms with E-state index in [4.69, 9.17) is 5.73 Å². The lowest BCUT2D eigenvalue weighted by Crippen LogP contribution is -2.37. The highest BCUT2D eigenvalue weighted by atomic mass is 19.1. The molecule has 1 aromatic rings. The zero-order valence-electron chi connectivity index (χ0n) is 11.8. The summed E-state index contributed by atoms with van der Waals surface area (Å²) in [5.74, 6) is -2.02. The number of nitrogens with two attached hydrogens (primary N) is 1. The van der Waals surface area contributed by atoms with Gasteiger partial charge >= 0.3 is 0 Å². The van der Waals surface area contributed by atoms with Crippen LogP contribution in [0.4, 0.5) is 20.2 Å². The van der Waals surface area contributed by atoms with Gasteiger partial charge in [-0.15, -0.1) is 0 Å². The Morgan fingerprint density at radius 2 is 2.05 bits per heavy atom. The minimum atomic E-state index is -0.843. The van der Waals surface area contributed by atoms with Gasteiger partial charge in [-0.25, -0.2) is 8.78 Å². The molecule has 0 aliphatic heterocycles. The maximum Gasteiger partial charge on any atom is 0.228 e. The number of benzene rings is 1. The van der Waals surface area contributed by atoms with E-state index >= 15 is 0 Å². The maximum absolute atomic E-state index is 13.7. The number of nitrogen functional groups attached to an aromatic ring is 1. The van der Waals surface area contributed by atoms with Crippen LogP contribution in [0.5, 0.6) is 0 Å². The minimum Gasteiger partial charge on any atom is -0.397 e. The first-order chi connectivity index (χ1) is 9.31. The van der Waals surface area contributed by atoms with Gasteiger partial charge in [0.2, 0.25) is 5.91 Å². The number of carbonyl (C=O) groups is 1. The van der Waals surface area contributed by atoms with Crippen LogP contribution >= 0.6 is 0 Å². The third-order valence-corrected chi connectivity index (χ3v) is 4.16. The van der Waals surface area contributed by atoms with Crippen LogP contribution in [0, 0.1) is 23.0 Å². The number of hydrogen-bond acceptors (Lipinski definition) is 2. The van der Waals surface area contributed by atoms with E-state index in [0.717, 1.165) is 37.8 Å². The normalized spacial score (nSPS) is 21.5. The van der Waals surface area contributed by atoms with Gasteiger partial charge in [-0.3, -0.25) is 4.79 Å². The molecule has 1 atom stereocenters. The van der Waals surface area contributed by atoms with Gasteiger partial charge in [-0.1, -0.05) is 26.7 Å². The molecule has 0 radical (unpaired) electrons. The van der Waals surface area contributed by atoms with Crippen LogP contribution in [-0.4, -0.2) is 5.91 Å². The van der Waals surface area contributed by atoms with Crippen LogP contribution in [-0.2, 0) is 4.79 Å². The third kappa shape index (κ3) is 2.92. The van der Waals surface area contributed by atoms with Crippen LogP contribution in [0.25, 0.3) is 0 Å². The molecule has 0 saturated heterocycles. The fourth-order valence-electron chi connectivity index (χ4n) is 2.92. The predicted octanol–water partition coefficient (Wildman–Crippen LogP) is 3.70. The lowest BCUT2D eigenvalue weighted by Gasteiger charge is -2.37. The highest BCUT2D eigenvalue weighted by Crippen LogP contribution is 2.41. The van der Waals surface area contributed by atoms with Crippen molar-refractivity contribution in [1.29, 1.82) is 0 Å². The fraction of sp³-hybridized carbons (Fsp3) is 0.533. The second kappa shape index (κ2) is 5.38. The molecular formula is C15H20F2N2O. The van der Waals surface area contributed by atoms with Crippen LogP contribution in [0.2, 0.25) is 0 Å². The number of anilines is 2. The van der Waals surface area contributed by atoms with Crippen molar-refractivity contribution in [2.45, 2.75) is 39.5 Å². The predicted molar refractivity (Wildman–Crippen MR) is 75.1 cm³/mol. The quantitative estimate of drug-likeness (QED) is 0.813. The molecule has 2 rings (SSSR count). The van der Waals surface area contributed by atoms with Crippen molar-refractivity contribution in [2.24, 2.45) is 11.3 Å². The first-order valence-corrected chi connectivity index (χ1v) is 6.86. The molecule has 20 heavy (non-hydrogen) atoms. The molecule has 0 spiro atoms. The van der Waals surface area contributed by atoms with E-state index in [1.807, 2.05) is 13.8 Å². The van der Waals surface area contributed by atoms with E-state index in [9.17, 15) is 13.6 Å². The average Bonchev–Trinajstić information content (AvgIpc) is 2.32. The van der Waals surface area contributed by atoms with E-state index in [1.54, 1.807) is 0 Å². The van der Waals surface area contributed by atoms with Crippen molar-refractivity contribution in [1.82, 2.24) is 0 Å². The minimum absolute atomic E-state index is 0.0931. The number of halogens is 2. The van der Waals surface area contributed by atoms with Crippen LogP contribution < -0.4 is 11.1 Å². The maximum atomic E-state index is 13.7. The molecule has 0 aromatic heterocycles. The van der Waals surface area contributed by atoms with Gasteiger partial charge in [0.1, 0.15) is 11.5 Å². The second-order valence-corrected chi connectivity index (χ2v) is 6.13. The molecule has 1 aromatic carbocycles. The highest BCUT2D eigenvalue weighted by Gasteiger charge is 2.37. The molecule has 1 fully saturated rings. The summed E-state index contributed by atoms with van der Waals surface area (Å²) in [6.07, 6.45) is 3.83. The Morgan fingerprint density at radius 3 is 2.65 bits per heavy atom. The van der Waals surface area contributed by atoms with Gasteiger partial charge in [0.15, 0.2) is 5.82 Å². The summed E-state index contributed by atoms with van der Waals surface area (Å²) in [6, 6.07) is 1.72. The molecule has 1 unspecified atom stereocenters. The Bertz CT molecular complexity index is 506. The summed E-state index contributed by atoms with van der Waals surface area (Å²) in [5, 5.41) is 2.53. The Labute approximate surface area is 117 Å². The highest BCUT2D eigenvalue weighted by molar-refractivity contribution is 5.96. The van der Waals surface area contributed by atoms with Gasteiger partial charge in [0, 0.05) is 12.0 Å². The van der Waals surface area contributed by atoms with Gasteiger partial charge in [0.05, 0.1) is 5.69 Å². The van der Waals surface area contributed by atoms with Crippen molar-refractivity contribution in [3.63, 3.8) is 0 Å². The summed E-state index contributed by atoms with van der Waals surface area (Å²) in [4.78, 5) is 12.3. The molecule has 3 nitrogen and oxygen atoms in total. The molecular weight excluding hydrogens is 262 g/mol. The molecule has 1 aliphatic carbocycles. The monoisotopic (exact) mass is 282 g/mol. The third-order valence-electron chi connectivity index (χ3n) is 4.16. The second-order valence-electron chi connectivity index (χ2n) is 6.13. The topological polar surface area (TPSA) is 55.1 Å². The van der Waals surface area contributed by atoms with Crippen LogP contribution in [0.15, 0.2) is 12.1 Å². The zero-order valence-corrected chi connectivity index (χ0v) is 11.8. The van der Waals surface area contributed by atoms with Gasteiger partial charge in [-0.05, 0) is 24.3 Å². The van der Waals surface area contributed by atoms with Crippen molar-refractivity contribution in [2.75, 3.05) is 11.1 Å². The summed E-state index contributed by atoms with van der Waals surface area (Å²) in [7, 11) is 0. The molecule has 5 heteroatoms. The van der Waals surface area contributed by atoms with Gasteiger partial charge in [0.25, 0.3) is 0 Å². The van der Waals surface area contributed by atoms with Crippen LogP contribution in [0.1, 0.15) is 39.5 Å². The number of amides is 1. The summed E-state index contributed by atoms with van der Waals surface area (Å²) >= 11 is 0. The number of carbonyl (C=O) groups excluding carboxylic acids is 1. The first-order valence-electron chi connectivity index (χ1n) is 6.86. The fourth-order valence-corrected chi connectivity index (χ4v) is 2.92. The Kier molecular flexibility index (Phi) is 3.97. The smallest absolute Gasteiger partial charge is 0.228 e. The van der Waals surface area contributed by atoms with Crippen molar-refractivity contribution < 1.29 is 13.6 Å². The van der Waals surface area contributed by atoms with Gasteiger partial charge in [-0.2, -0.15) is 0 Å². The number of hydrogen-bond donors (Lipinski definition) is 2. The van der Waals surface area contributed by atoms with E-state index in [0.29, 0.717) is 0 Å². The number of rotatable bonds is 2. The summed E-state index contributed by atoms with van der Waals surface area (Å²) < 4.78 is 26.7. The van der Waals surface area contributed by atoms with E-state index < -0.39 is 11.6 Å². The molecule has 0 bridgehead atoms. The van der Waals surface area contributed by atoms with E-state index in [-0.39, 0.29) is 28.6 Å².